The van der Waals surface area contributed by atoms with E-state index in [1.807, 2.05) is 0 Å². The molecule has 7 heteroatoms. The molecule has 0 fully saturated rings. The van der Waals surface area contributed by atoms with Gasteiger partial charge in [-0.2, -0.15) is 13.2 Å². The Bertz CT molecular complexity index is 404. The second-order valence-corrected chi connectivity index (χ2v) is 4.32. The van der Waals surface area contributed by atoms with Gasteiger partial charge in [-0.25, -0.2) is 0 Å². The molecule has 0 amide bonds. The maximum atomic E-state index is 12.7. The van der Waals surface area contributed by atoms with Crippen LogP contribution in [0.3, 0.4) is 0 Å². The standard InChI is InChI=1S/C10H10BF6/c1-9(2,10(12,13)14)7-4-3-5-8(6-7)11(15,16)17/h3-6H,1-2H3/q-1. The van der Waals surface area contributed by atoms with Gasteiger partial charge in [0.2, 0.25) is 0 Å². The van der Waals surface area contributed by atoms with E-state index in [9.17, 15) is 26.1 Å². The van der Waals surface area contributed by atoms with Crippen LogP contribution in [-0.4, -0.2) is 13.2 Å². The Hall–Kier alpha value is -1.14. The van der Waals surface area contributed by atoms with E-state index in [-0.39, 0.29) is 5.56 Å². The predicted octanol–water partition coefficient (Wildman–Crippen LogP) is 3.58. The van der Waals surface area contributed by atoms with Crippen molar-refractivity contribution in [3.05, 3.63) is 29.8 Å². The molecule has 0 unspecified atom stereocenters. The molecule has 0 bridgehead atoms. The molecule has 0 saturated carbocycles. The molecule has 0 aromatic heterocycles. The SMILES string of the molecule is CC(C)(c1cccc([B-](F)(F)F)c1)C(F)(F)F. The normalized spacial score (nSPS) is 13.9. The summed E-state index contributed by atoms with van der Waals surface area (Å²) >= 11 is 0. The minimum absolute atomic E-state index is 0.387. The van der Waals surface area contributed by atoms with Crippen molar-refractivity contribution in [1.29, 1.82) is 0 Å². The van der Waals surface area contributed by atoms with Crippen molar-refractivity contribution < 1.29 is 26.1 Å². The summed E-state index contributed by atoms with van der Waals surface area (Å²) < 4.78 is 75.3. The molecule has 0 aliphatic heterocycles. The number of rotatable bonds is 2. The van der Waals surface area contributed by atoms with Crippen molar-refractivity contribution in [2.75, 3.05) is 0 Å². The van der Waals surface area contributed by atoms with E-state index in [0.717, 1.165) is 32.0 Å². The van der Waals surface area contributed by atoms with Gasteiger partial charge in [0.25, 0.3) is 0 Å². The van der Waals surface area contributed by atoms with Crippen LogP contribution in [0.15, 0.2) is 24.3 Å². The zero-order chi connectivity index (χ0) is 13.5. The molecular weight excluding hydrogens is 245 g/mol. The molecule has 1 rings (SSSR count). The quantitative estimate of drug-likeness (QED) is 0.559. The van der Waals surface area contributed by atoms with Crippen LogP contribution in [0.4, 0.5) is 26.1 Å². The van der Waals surface area contributed by atoms with E-state index in [4.69, 9.17) is 0 Å². The predicted molar refractivity (Wildman–Crippen MR) is 54.2 cm³/mol. The summed E-state index contributed by atoms with van der Waals surface area (Å²) in [5, 5.41) is 0. The largest absolute Gasteiger partial charge is 0.509 e. The number of alkyl halides is 3. The summed E-state index contributed by atoms with van der Waals surface area (Å²) in [5.74, 6) is 0. The fraction of sp³-hybridized carbons (Fsp3) is 0.400. The van der Waals surface area contributed by atoms with Crippen LogP contribution < -0.4 is 5.46 Å². The zero-order valence-corrected chi connectivity index (χ0v) is 9.15. The third-order valence-electron chi connectivity index (χ3n) is 2.69. The van der Waals surface area contributed by atoms with Crippen molar-refractivity contribution in [2.45, 2.75) is 25.4 Å². The van der Waals surface area contributed by atoms with Crippen LogP contribution in [0.2, 0.25) is 0 Å². The smallest absolute Gasteiger partial charge is 0.445 e. The van der Waals surface area contributed by atoms with Gasteiger partial charge in [0, 0.05) is 0 Å². The van der Waals surface area contributed by atoms with Gasteiger partial charge < -0.3 is 12.9 Å². The van der Waals surface area contributed by atoms with Crippen molar-refractivity contribution in [1.82, 2.24) is 0 Å². The number of hydrogen-bond acceptors (Lipinski definition) is 0. The molecule has 1 aromatic carbocycles. The highest BCUT2D eigenvalue weighted by Gasteiger charge is 2.48. The molecule has 17 heavy (non-hydrogen) atoms. The zero-order valence-electron chi connectivity index (χ0n) is 9.15. The molecule has 0 saturated heterocycles. The Labute approximate surface area is 94.7 Å². The minimum atomic E-state index is -5.28. The number of hydrogen-bond donors (Lipinski definition) is 0. The average molecular weight is 255 g/mol. The van der Waals surface area contributed by atoms with E-state index < -0.39 is 24.0 Å². The second-order valence-electron chi connectivity index (χ2n) is 4.32. The van der Waals surface area contributed by atoms with Gasteiger partial charge in [-0.15, -0.1) is 5.46 Å². The van der Waals surface area contributed by atoms with Crippen LogP contribution in [-0.2, 0) is 5.41 Å². The topological polar surface area (TPSA) is 0 Å². The summed E-state index contributed by atoms with van der Waals surface area (Å²) in [4.78, 5) is 0. The van der Waals surface area contributed by atoms with Crippen LogP contribution >= 0.6 is 0 Å². The van der Waals surface area contributed by atoms with Gasteiger partial charge in [0.15, 0.2) is 0 Å². The first-order valence-corrected chi connectivity index (χ1v) is 4.83. The first-order valence-electron chi connectivity index (χ1n) is 4.83. The third-order valence-corrected chi connectivity index (χ3v) is 2.69. The van der Waals surface area contributed by atoms with Crippen molar-refractivity contribution in [3.63, 3.8) is 0 Å². The highest BCUT2D eigenvalue weighted by molar-refractivity contribution is 6.73. The van der Waals surface area contributed by atoms with E-state index in [1.165, 1.54) is 0 Å². The fourth-order valence-corrected chi connectivity index (χ4v) is 1.29. The molecule has 0 nitrogen and oxygen atoms in total. The maximum absolute atomic E-state index is 12.7. The molecule has 0 radical (unpaired) electrons. The summed E-state index contributed by atoms with van der Waals surface area (Å²) in [6.07, 6.45) is -4.59. The molecule has 0 aliphatic rings. The van der Waals surface area contributed by atoms with E-state index >= 15 is 0 Å². The van der Waals surface area contributed by atoms with Crippen molar-refractivity contribution in [2.24, 2.45) is 0 Å². The molecule has 0 spiro atoms. The van der Waals surface area contributed by atoms with Gasteiger partial charge in [-0.1, -0.05) is 24.3 Å². The Morgan fingerprint density at radius 1 is 1.00 bits per heavy atom. The van der Waals surface area contributed by atoms with E-state index in [2.05, 4.69) is 0 Å². The Balaban J connectivity index is 3.26. The van der Waals surface area contributed by atoms with Crippen LogP contribution in [0.5, 0.6) is 0 Å². The van der Waals surface area contributed by atoms with E-state index in [0.29, 0.717) is 6.07 Å². The van der Waals surface area contributed by atoms with Crippen LogP contribution in [0, 0.1) is 0 Å². The molecule has 0 N–H and O–H groups in total. The first-order chi connectivity index (χ1) is 7.46. The summed E-state index contributed by atoms with van der Waals surface area (Å²) in [7, 11) is 0. The minimum Gasteiger partial charge on any atom is -0.445 e. The first kappa shape index (κ1) is 13.9. The maximum Gasteiger partial charge on any atom is 0.509 e. The molecular formula is C10H10BF6-. The van der Waals surface area contributed by atoms with Gasteiger partial charge >= 0.3 is 13.2 Å². The van der Waals surface area contributed by atoms with Gasteiger partial charge in [0.05, 0.1) is 5.41 Å². The molecule has 0 aliphatic carbocycles. The lowest BCUT2D eigenvalue weighted by molar-refractivity contribution is -0.180. The van der Waals surface area contributed by atoms with Gasteiger partial charge in [-0.05, 0) is 19.4 Å². The second kappa shape index (κ2) is 3.96. The lowest BCUT2D eigenvalue weighted by Gasteiger charge is -2.29. The Kier molecular flexibility index (Phi) is 3.24. The monoisotopic (exact) mass is 255 g/mol. The summed E-state index contributed by atoms with van der Waals surface area (Å²) in [6, 6.07) is 3.38. The highest BCUT2D eigenvalue weighted by atomic mass is 19.4. The van der Waals surface area contributed by atoms with Crippen LogP contribution in [0.25, 0.3) is 0 Å². The Morgan fingerprint density at radius 2 is 1.53 bits per heavy atom. The van der Waals surface area contributed by atoms with Gasteiger partial charge in [-0.3, -0.25) is 0 Å². The number of halogens is 6. The molecule has 0 heterocycles. The number of benzene rings is 1. The highest BCUT2D eigenvalue weighted by Crippen LogP contribution is 2.40. The lowest BCUT2D eigenvalue weighted by atomic mass is 9.75. The van der Waals surface area contributed by atoms with Crippen molar-refractivity contribution in [3.8, 4) is 0 Å². The third kappa shape index (κ3) is 2.76. The summed E-state index contributed by atoms with van der Waals surface area (Å²) in [6.45, 7) is -3.57. The van der Waals surface area contributed by atoms with Crippen molar-refractivity contribution >= 4 is 12.4 Å². The summed E-state index contributed by atoms with van der Waals surface area (Å²) in [5.41, 5.74) is -3.70. The lowest BCUT2D eigenvalue weighted by Crippen LogP contribution is -2.39. The van der Waals surface area contributed by atoms with Crippen LogP contribution in [0.1, 0.15) is 19.4 Å². The van der Waals surface area contributed by atoms with E-state index in [1.54, 1.807) is 0 Å². The Morgan fingerprint density at radius 3 is 1.94 bits per heavy atom. The average Bonchev–Trinajstić information content (AvgIpc) is 2.15. The molecule has 1 aromatic rings. The van der Waals surface area contributed by atoms with Gasteiger partial charge in [0.1, 0.15) is 0 Å². The molecule has 0 atom stereocenters. The molecule has 96 valence electrons. The fourth-order valence-electron chi connectivity index (χ4n) is 1.29.